The van der Waals surface area contributed by atoms with Crippen LogP contribution >= 0.6 is 0 Å². The Hall–Kier alpha value is -3.86. The average Bonchev–Trinajstić information content (AvgIpc) is 3.24. The van der Waals surface area contributed by atoms with Crippen LogP contribution in [0.1, 0.15) is 21.5 Å². The molecular weight excluding hydrogens is 386 g/mol. The molecule has 1 aliphatic rings. The number of hydrogen-bond donors (Lipinski definition) is 0. The standard InChI is InChI=1S/C26H23N3O2/c1-17-7-6-9-21(18(17)2)26(30)29-16-28-24(22-8-4-5-10-23(22)29)15-27-25(28)19-11-13-20(31-3)14-12-19/h4-15H,16H2,1-3H3. The summed E-state index contributed by atoms with van der Waals surface area (Å²) in [6, 6.07) is 21.7. The highest BCUT2D eigenvalue weighted by Gasteiger charge is 2.30. The molecule has 154 valence electrons. The van der Waals surface area contributed by atoms with Crippen molar-refractivity contribution in [2.45, 2.75) is 20.5 Å². The van der Waals surface area contributed by atoms with Gasteiger partial charge in [-0.25, -0.2) is 4.98 Å². The minimum atomic E-state index is -0.00585. The topological polar surface area (TPSA) is 47.4 Å². The molecule has 0 radical (unpaired) electrons. The molecule has 5 heteroatoms. The number of aryl methyl sites for hydroxylation is 1. The van der Waals surface area contributed by atoms with Crippen LogP contribution in [0.25, 0.3) is 22.6 Å². The number of carbonyl (C=O) groups is 1. The molecule has 0 spiro atoms. The van der Waals surface area contributed by atoms with Gasteiger partial charge in [0.1, 0.15) is 18.2 Å². The number of fused-ring (bicyclic) bond motifs is 3. The number of anilines is 1. The van der Waals surface area contributed by atoms with Gasteiger partial charge in [-0.05, 0) is 61.4 Å². The summed E-state index contributed by atoms with van der Waals surface area (Å²) in [6.45, 7) is 4.44. The summed E-state index contributed by atoms with van der Waals surface area (Å²) in [6.07, 6.45) is 1.89. The second-order valence-electron chi connectivity index (χ2n) is 7.76. The smallest absolute Gasteiger partial charge is 0.260 e. The summed E-state index contributed by atoms with van der Waals surface area (Å²) in [7, 11) is 1.65. The molecule has 0 atom stereocenters. The van der Waals surface area contributed by atoms with E-state index in [1.807, 2.05) is 91.7 Å². The quantitative estimate of drug-likeness (QED) is 0.451. The third-order valence-corrected chi connectivity index (χ3v) is 6.04. The second-order valence-corrected chi connectivity index (χ2v) is 7.76. The molecule has 0 N–H and O–H groups in total. The number of hydrogen-bond acceptors (Lipinski definition) is 3. The molecule has 0 bridgehead atoms. The van der Waals surface area contributed by atoms with Crippen LogP contribution in [-0.2, 0) is 6.67 Å². The fourth-order valence-corrected chi connectivity index (χ4v) is 4.15. The highest BCUT2D eigenvalue weighted by Crippen LogP contribution is 2.39. The normalized spacial score (nSPS) is 12.3. The van der Waals surface area contributed by atoms with Crippen molar-refractivity contribution in [3.63, 3.8) is 0 Å². The molecule has 4 aromatic rings. The van der Waals surface area contributed by atoms with Crippen molar-refractivity contribution in [3.8, 4) is 28.4 Å². The lowest BCUT2D eigenvalue weighted by molar-refractivity contribution is 0.0978. The number of benzene rings is 3. The van der Waals surface area contributed by atoms with Crippen LogP contribution in [0.3, 0.4) is 0 Å². The van der Waals surface area contributed by atoms with E-state index in [9.17, 15) is 4.79 Å². The fourth-order valence-electron chi connectivity index (χ4n) is 4.15. The molecule has 0 aliphatic carbocycles. The molecule has 1 aliphatic heterocycles. The van der Waals surface area contributed by atoms with Gasteiger partial charge < -0.3 is 9.30 Å². The number of methoxy groups -OCH3 is 1. The van der Waals surface area contributed by atoms with Crippen LogP contribution in [0.4, 0.5) is 5.69 Å². The van der Waals surface area contributed by atoms with Crippen LogP contribution in [0, 0.1) is 13.8 Å². The predicted octanol–water partition coefficient (Wildman–Crippen LogP) is 5.46. The first-order valence-corrected chi connectivity index (χ1v) is 10.3. The monoisotopic (exact) mass is 409 g/mol. The lowest BCUT2D eigenvalue weighted by atomic mass is 10.0. The maximum absolute atomic E-state index is 13.7. The van der Waals surface area contributed by atoms with Crippen LogP contribution in [0.2, 0.25) is 0 Å². The largest absolute Gasteiger partial charge is 0.497 e. The van der Waals surface area contributed by atoms with Gasteiger partial charge in [0.25, 0.3) is 5.91 Å². The lowest BCUT2D eigenvalue weighted by Crippen LogP contribution is -2.36. The zero-order valence-corrected chi connectivity index (χ0v) is 17.8. The summed E-state index contributed by atoms with van der Waals surface area (Å²) in [5.41, 5.74) is 6.73. The predicted molar refractivity (Wildman–Crippen MR) is 122 cm³/mol. The molecule has 0 unspecified atom stereocenters. The number of amides is 1. The van der Waals surface area contributed by atoms with Gasteiger partial charge in [-0.1, -0.05) is 30.3 Å². The molecule has 0 saturated carbocycles. The van der Waals surface area contributed by atoms with Crippen molar-refractivity contribution < 1.29 is 9.53 Å². The molecule has 0 fully saturated rings. The van der Waals surface area contributed by atoms with E-state index in [1.54, 1.807) is 7.11 Å². The summed E-state index contributed by atoms with van der Waals surface area (Å²) in [5, 5.41) is 0. The second kappa shape index (κ2) is 7.43. The van der Waals surface area contributed by atoms with Gasteiger partial charge in [-0.3, -0.25) is 9.69 Å². The number of ether oxygens (including phenoxy) is 1. The molecule has 5 nitrogen and oxygen atoms in total. The van der Waals surface area contributed by atoms with E-state index in [0.717, 1.165) is 50.8 Å². The Morgan fingerprint density at radius 2 is 1.74 bits per heavy atom. The van der Waals surface area contributed by atoms with Gasteiger partial charge in [-0.2, -0.15) is 0 Å². The van der Waals surface area contributed by atoms with Crippen molar-refractivity contribution in [2.24, 2.45) is 0 Å². The van der Waals surface area contributed by atoms with E-state index in [-0.39, 0.29) is 5.91 Å². The molecule has 1 amide bonds. The van der Waals surface area contributed by atoms with E-state index < -0.39 is 0 Å². The van der Waals surface area contributed by atoms with E-state index in [4.69, 9.17) is 9.72 Å². The first kappa shape index (κ1) is 19.1. The molecule has 5 rings (SSSR count). The number of rotatable bonds is 3. The van der Waals surface area contributed by atoms with E-state index >= 15 is 0 Å². The SMILES string of the molecule is COc1ccc(-c2ncc3n2CN(C(=O)c2cccc(C)c2C)c2ccccc2-3)cc1. The van der Waals surface area contributed by atoms with Gasteiger partial charge >= 0.3 is 0 Å². The van der Waals surface area contributed by atoms with Crippen molar-refractivity contribution >= 4 is 11.6 Å². The fraction of sp³-hybridized carbons (Fsp3) is 0.154. The van der Waals surface area contributed by atoms with Gasteiger partial charge in [0.2, 0.25) is 0 Å². The summed E-state index contributed by atoms with van der Waals surface area (Å²) < 4.78 is 7.39. The Bertz CT molecular complexity index is 1290. The summed E-state index contributed by atoms with van der Waals surface area (Å²) >= 11 is 0. The zero-order valence-electron chi connectivity index (χ0n) is 17.8. The van der Waals surface area contributed by atoms with Crippen molar-refractivity contribution in [3.05, 3.63) is 89.6 Å². The summed E-state index contributed by atoms with van der Waals surface area (Å²) in [4.78, 5) is 20.2. The highest BCUT2D eigenvalue weighted by atomic mass is 16.5. The van der Waals surface area contributed by atoms with E-state index in [2.05, 4.69) is 4.57 Å². The maximum Gasteiger partial charge on any atom is 0.260 e. The number of aromatic nitrogens is 2. The molecule has 0 saturated heterocycles. The van der Waals surface area contributed by atoms with Crippen LogP contribution in [0.5, 0.6) is 5.75 Å². The lowest BCUT2D eigenvalue weighted by Gasteiger charge is -2.32. The van der Waals surface area contributed by atoms with Crippen LogP contribution in [0.15, 0.2) is 72.9 Å². The average molecular weight is 409 g/mol. The van der Waals surface area contributed by atoms with E-state index in [0.29, 0.717) is 6.67 Å². The number of nitrogens with zero attached hydrogens (tertiary/aromatic N) is 3. The van der Waals surface area contributed by atoms with Crippen LogP contribution in [-0.4, -0.2) is 22.6 Å². The van der Waals surface area contributed by atoms with Gasteiger partial charge in [0.15, 0.2) is 0 Å². The highest BCUT2D eigenvalue weighted by molar-refractivity contribution is 6.09. The molecular formula is C26H23N3O2. The van der Waals surface area contributed by atoms with Crippen molar-refractivity contribution in [1.29, 1.82) is 0 Å². The van der Waals surface area contributed by atoms with Gasteiger partial charge in [0.05, 0.1) is 24.7 Å². The Balaban J connectivity index is 1.63. The third-order valence-electron chi connectivity index (χ3n) is 6.04. The van der Waals surface area contributed by atoms with Crippen molar-refractivity contribution in [2.75, 3.05) is 12.0 Å². The first-order chi connectivity index (χ1) is 15.1. The third kappa shape index (κ3) is 3.10. The number of carbonyl (C=O) groups excluding carboxylic acids is 1. The Morgan fingerprint density at radius 3 is 2.52 bits per heavy atom. The maximum atomic E-state index is 13.7. The van der Waals surface area contributed by atoms with Crippen molar-refractivity contribution in [1.82, 2.24) is 9.55 Å². The van der Waals surface area contributed by atoms with Gasteiger partial charge in [0, 0.05) is 16.7 Å². The molecule has 3 aromatic carbocycles. The number of para-hydroxylation sites is 1. The Labute approximate surface area is 181 Å². The minimum absolute atomic E-state index is 0.00585. The zero-order chi connectivity index (χ0) is 21.5. The molecule has 31 heavy (non-hydrogen) atoms. The van der Waals surface area contributed by atoms with Crippen LogP contribution < -0.4 is 9.64 Å². The van der Waals surface area contributed by atoms with Gasteiger partial charge in [-0.15, -0.1) is 0 Å². The molecule has 2 heterocycles. The Kier molecular flexibility index (Phi) is 4.59. The Morgan fingerprint density at radius 1 is 0.968 bits per heavy atom. The summed E-state index contributed by atoms with van der Waals surface area (Å²) in [5.74, 6) is 1.62. The minimum Gasteiger partial charge on any atom is -0.497 e. The van der Waals surface area contributed by atoms with E-state index in [1.165, 1.54) is 0 Å². The molecule has 1 aromatic heterocycles. The number of imidazole rings is 1. The first-order valence-electron chi connectivity index (χ1n) is 10.3.